The smallest absolute Gasteiger partial charge is 0.256 e. The highest BCUT2D eigenvalue weighted by Crippen LogP contribution is 2.28. The van der Waals surface area contributed by atoms with Crippen molar-refractivity contribution in [3.63, 3.8) is 0 Å². The highest BCUT2D eigenvalue weighted by atomic mass is 35.5. The average Bonchev–Trinajstić information content (AvgIpc) is 3.01. The van der Waals surface area contributed by atoms with E-state index in [-0.39, 0.29) is 5.28 Å². The van der Waals surface area contributed by atoms with Gasteiger partial charge in [-0.1, -0.05) is 26.2 Å². The molecule has 0 spiro atoms. The van der Waals surface area contributed by atoms with Crippen LogP contribution in [0, 0.1) is 5.92 Å². The molecule has 2 aromatic rings. The first kappa shape index (κ1) is 14.3. The Kier molecular flexibility index (Phi) is 4.34. The van der Waals surface area contributed by atoms with E-state index < -0.39 is 0 Å². The standard InChI is InChI=1S/C14H19ClN6/c1-2-10-6-3-4-7-11(10)17-13-18-12(15)19-14(20-13)21-9-5-8-16-21/h5,8-11H,2-4,6-7H2,1H3,(H,17,18,19,20). The predicted molar refractivity (Wildman–Crippen MR) is 81.6 cm³/mol. The van der Waals surface area contributed by atoms with E-state index in [0.717, 1.165) is 6.42 Å². The summed E-state index contributed by atoms with van der Waals surface area (Å²) in [5.74, 6) is 1.64. The molecule has 1 aliphatic rings. The Morgan fingerprint density at radius 1 is 1.29 bits per heavy atom. The fourth-order valence-corrected chi connectivity index (χ4v) is 3.10. The van der Waals surface area contributed by atoms with Crippen molar-refractivity contribution in [3.8, 4) is 5.95 Å². The first-order valence-corrected chi connectivity index (χ1v) is 7.82. The molecule has 2 unspecified atom stereocenters. The lowest BCUT2D eigenvalue weighted by Crippen LogP contribution is -2.32. The maximum absolute atomic E-state index is 6.01. The third-order valence-corrected chi connectivity index (χ3v) is 4.22. The van der Waals surface area contributed by atoms with Crippen LogP contribution in [0.25, 0.3) is 5.95 Å². The second kappa shape index (κ2) is 6.39. The Balaban J connectivity index is 1.82. The molecule has 2 atom stereocenters. The number of aromatic nitrogens is 5. The zero-order valence-electron chi connectivity index (χ0n) is 12.0. The van der Waals surface area contributed by atoms with Crippen molar-refractivity contribution in [2.45, 2.75) is 45.1 Å². The quantitative estimate of drug-likeness (QED) is 0.940. The molecule has 1 fully saturated rings. The van der Waals surface area contributed by atoms with Crippen LogP contribution in [-0.2, 0) is 0 Å². The number of nitrogens with zero attached hydrogens (tertiary/aromatic N) is 5. The van der Waals surface area contributed by atoms with E-state index in [1.165, 1.54) is 25.7 Å². The van der Waals surface area contributed by atoms with Crippen LogP contribution < -0.4 is 5.32 Å². The maximum atomic E-state index is 6.01. The molecule has 2 aromatic heterocycles. The van der Waals surface area contributed by atoms with Crippen molar-refractivity contribution in [2.24, 2.45) is 5.92 Å². The number of rotatable bonds is 4. The molecular weight excluding hydrogens is 288 g/mol. The Morgan fingerprint density at radius 3 is 2.90 bits per heavy atom. The van der Waals surface area contributed by atoms with Crippen molar-refractivity contribution < 1.29 is 0 Å². The van der Waals surface area contributed by atoms with Gasteiger partial charge >= 0.3 is 0 Å². The van der Waals surface area contributed by atoms with E-state index in [2.05, 4.69) is 32.3 Å². The van der Waals surface area contributed by atoms with Crippen LogP contribution >= 0.6 is 11.6 Å². The minimum absolute atomic E-state index is 0.182. The number of hydrogen-bond acceptors (Lipinski definition) is 5. The van der Waals surface area contributed by atoms with Gasteiger partial charge in [0.25, 0.3) is 5.95 Å². The third kappa shape index (κ3) is 3.32. The fourth-order valence-electron chi connectivity index (χ4n) is 2.95. The SMILES string of the molecule is CCC1CCCCC1Nc1nc(Cl)nc(-n2cccn2)n1. The Bertz CT molecular complexity index is 585. The van der Waals surface area contributed by atoms with Crippen molar-refractivity contribution in [2.75, 3.05) is 5.32 Å². The van der Waals surface area contributed by atoms with Crippen LogP contribution in [0.3, 0.4) is 0 Å². The Labute approximate surface area is 129 Å². The summed E-state index contributed by atoms with van der Waals surface area (Å²) in [7, 11) is 0. The summed E-state index contributed by atoms with van der Waals surface area (Å²) in [5.41, 5.74) is 0. The first-order valence-electron chi connectivity index (χ1n) is 7.44. The second-order valence-electron chi connectivity index (χ2n) is 5.38. The number of nitrogens with one attached hydrogen (secondary N) is 1. The lowest BCUT2D eigenvalue weighted by Gasteiger charge is -2.31. The molecule has 7 heteroatoms. The van der Waals surface area contributed by atoms with Gasteiger partial charge in [0.1, 0.15) is 0 Å². The second-order valence-corrected chi connectivity index (χ2v) is 5.72. The molecule has 3 rings (SSSR count). The van der Waals surface area contributed by atoms with Gasteiger partial charge in [0, 0.05) is 18.4 Å². The Hall–Kier alpha value is -1.69. The summed E-state index contributed by atoms with van der Waals surface area (Å²) in [6.07, 6.45) is 9.61. The summed E-state index contributed by atoms with van der Waals surface area (Å²) in [5, 5.41) is 7.74. The molecule has 0 aliphatic heterocycles. The predicted octanol–water partition coefficient (Wildman–Crippen LogP) is 3.09. The molecule has 6 nitrogen and oxygen atoms in total. The van der Waals surface area contributed by atoms with Gasteiger partial charge in [-0.2, -0.15) is 20.1 Å². The molecule has 1 saturated carbocycles. The van der Waals surface area contributed by atoms with E-state index in [4.69, 9.17) is 11.6 Å². The zero-order chi connectivity index (χ0) is 14.7. The first-order chi connectivity index (χ1) is 10.3. The van der Waals surface area contributed by atoms with E-state index in [0.29, 0.717) is 23.9 Å². The van der Waals surface area contributed by atoms with Gasteiger partial charge in [-0.15, -0.1) is 0 Å². The molecule has 112 valence electrons. The van der Waals surface area contributed by atoms with Crippen molar-refractivity contribution in [3.05, 3.63) is 23.7 Å². The summed E-state index contributed by atoms with van der Waals surface area (Å²) < 4.78 is 1.58. The molecule has 0 amide bonds. The monoisotopic (exact) mass is 306 g/mol. The van der Waals surface area contributed by atoms with Gasteiger partial charge in [-0.25, -0.2) is 4.68 Å². The normalized spacial score (nSPS) is 22.2. The van der Waals surface area contributed by atoms with Crippen LogP contribution in [0.4, 0.5) is 5.95 Å². The third-order valence-electron chi connectivity index (χ3n) is 4.05. The van der Waals surface area contributed by atoms with Crippen LogP contribution in [0.2, 0.25) is 5.28 Å². The summed E-state index contributed by atoms with van der Waals surface area (Å²) in [6.45, 7) is 2.24. The molecular formula is C14H19ClN6. The molecule has 0 saturated heterocycles. The lowest BCUT2D eigenvalue weighted by molar-refractivity contribution is 0.316. The van der Waals surface area contributed by atoms with Crippen LogP contribution in [-0.4, -0.2) is 30.8 Å². The van der Waals surface area contributed by atoms with Crippen molar-refractivity contribution in [1.82, 2.24) is 24.7 Å². The molecule has 0 aromatic carbocycles. The van der Waals surface area contributed by atoms with Gasteiger partial charge in [0.15, 0.2) is 0 Å². The summed E-state index contributed by atoms with van der Waals surface area (Å²) in [4.78, 5) is 12.7. The van der Waals surface area contributed by atoms with E-state index in [1.54, 1.807) is 17.1 Å². The molecule has 1 aliphatic carbocycles. The van der Waals surface area contributed by atoms with Crippen molar-refractivity contribution >= 4 is 17.5 Å². The highest BCUT2D eigenvalue weighted by Gasteiger charge is 2.24. The van der Waals surface area contributed by atoms with E-state index in [9.17, 15) is 0 Å². The Morgan fingerprint density at radius 2 is 2.14 bits per heavy atom. The number of hydrogen-bond donors (Lipinski definition) is 1. The number of anilines is 1. The molecule has 0 radical (unpaired) electrons. The minimum atomic E-state index is 0.182. The van der Waals surface area contributed by atoms with Gasteiger partial charge in [-0.05, 0) is 36.4 Å². The summed E-state index contributed by atoms with van der Waals surface area (Å²) >= 11 is 6.01. The van der Waals surface area contributed by atoms with E-state index in [1.807, 2.05) is 6.07 Å². The molecule has 1 N–H and O–H groups in total. The van der Waals surface area contributed by atoms with Crippen LogP contribution in [0.15, 0.2) is 18.5 Å². The van der Waals surface area contributed by atoms with Gasteiger partial charge in [-0.3, -0.25) is 0 Å². The minimum Gasteiger partial charge on any atom is -0.351 e. The number of halogens is 1. The highest BCUT2D eigenvalue weighted by molar-refractivity contribution is 6.28. The zero-order valence-corrected chi connectivity index (χ0v) is 12.8. The van der Waals surface area contributed by atoms with Gasteiger partial charge < -0.3 is 5.32 Å². The van der Waals surface area contributed by atoms with Crippen LogP contribution in [0.1, 0.15) is 39.0 Å². The van der Waals surface area contributed by atoms with Gasteiger partial charge in [0.2, 0.25) is 11.2 Å². The lowest BCUT2D eigenvalue weighted by atomic mass is 9.83. The molecule has 0 bridgehead atoms. The molecule has 2 heterocycles. The van der Waals surface area contributed by atoms with Gasteiger partial charge in [0.05, 0.1) is 0 Å². The topological polar surface area (TPSA) is 68.5 Å². The van der Waals surface area contributed by atoms with Crippen LogP contribution in [0.5, 0.6) is 0 Å². The average molecular weight is 307 g/mol. The summed E-state index contributed by atoms with van der Waals surface area (Å²) in [6, 6.07) is 2.23. The van der Waals surface area contributed by atoms with E-state index >= 15 is 0 Å². The van der Waals surface area contributed by atoms with Crippen molar-refractivity contribution in [1.29, 1.82) is 0 Å². The molecule has 21 heavy (non-hydrogen) atoms. The largest absolute Gasteiger partial charge is 0.351 e. The fraction of sp³-hybridized carbons (Fsp3) is 0.571. The maximum Gasteiger partial charge on any atom is 0.256 e.